The molecule has 12 nitrogen and oxygen atoms in total. The third kappa shape index (κ3) is 22.1. The number of nitrogens with two attached hydrogens (primary N) is 1. The first-order valence-corrected chi connectivity index (χ1v) is 48.5. The number of halogens is 7. The van der Waals surface area contributed by atoms with Gasteiger partial charge in [-0.15, -0.1) is 0 Å². The summed E-state index contributed by atoms with van der Waals surface area (Å²) in [6, 6.07) is 151. The molecule has 5 aliphatic rings. The number of para-hydroxylation sites is 13. The quantitative estimate of drug-likeness (QED) is 0.126. The molecule has 5 aliphatic heterocycles. The summed E-state index contributed by atoms with van der Waals surface area (Å²) in [5, 5.41) is 6.93. The lowest BCUT2D eigenvalue weighted by Gasteiger charge is -2.33. The van der Waals surface area contributed by atoms with Crippen LogP contribution in [0.15, 0.2) is 471 Å². The van der Waals surface area contributed by atoms with E-state index in [0.717, 1.165) is 183 Å². The third-order valence-corrected chi connectivity index (χ3v) is 22.9. The number of anilines is 17. The highest BCUT2D eigenvalue weighted by Crippen LogP contribution is 2.56. The van der Waals surface area contributed by atoms with Crippen LogP contribution >= 0.6 is 108 Å². The van der Waals surface area contributed by atoms with Gasteiger partial charge in [-0.25, -0.2) is 0 Å². The maximum atomic E-state index is 6.46. The van der Waals surface area contributed by atoms with Crippen LogP contribution in [0.3, 0.4) is 0 Å². The van der Waals surface area contributed by atoms with Crippen molar-refractivity contribution in [1.29, 1.82) is 0 Å². The summed E-state index contributed by atoms with van der Waals surface area (Å²) >= 11 is 22.9. The second kappa shape index (κ2) is 43.4. The summed E-state index contributed by atoms with van der Waals surface area (Å²) in [5.74, 6) is 8.70. The van der Waals surface area contributed by atoms with Crippen molar-refractivity contribution in [3.05, 3.63) is 482 Å². The number of benzene rings is 18. The van der Waals surface area contributed by atoms with Crippen LogP contribution in [0.2, 0.25) is 0 Å². The zero-order valence-corrected chi connectivity index (χ0v) is 79.6. The van der Waals surface area contributed by atoms with E-state index in [1.807, 2.05) is 279 Å². The van der Waals surface area contributed by atoms with Gasteiger partial charge in [-0.3, -0.25) is 0 Å². The molecule has 0 bridgehead atoms. The molecule has 0 aromatic heterocycles. The van der Waals surface area contributed by atoms with Crippen LogP contribution in [0, 0.1) is 0 Å². The van der Waals surface area contributed by atoms with Crippen LogP contribution in [0.5, 0.6) is 57.5 Å². The van der Waals surface area contributed by atoms with E-state index in [1.54, 1.807) is 0 Å². The Hall–Kier alpha value is -13.1. The molecule has 0 aliphatic carbocycles. The Labute approximate surface area is 802 Å². The van der Waals surface area contributed by atoms with Gasteiger partial charge in [-0.05, 0) is 242 Å². The molecule has 128 heavy (non-hydrogen) atoms. The van der Waals surface area contributed by atoms with Crippen LogP contribution in [0.1, 0.15) is 11.1 Å². The van der Waals surface area contributed by atoms with Gasteiger partial charge in [-0.1, -0.05) is 286 Å². The predicted molar refractivity (Wildman–Crippen MR) is 554 cm³/mol. The van der Waals surface area contributed by atoms with Gasteiger partial charge >= 0.3 is 0 Å². The van der Waals surface area contributed by atoms with Crippen LogP contribution in [0.4, 0.5) is 96.7 Å². The standard InChI is InChI=1S/C30H23N3O.2C18H11Br2NO.C18H13NO.C13H10O.C6H5Br.C6H7N.Br2/c1-4-10-22(11-5-1)31-24-16-18-27-29(20-24)34-30-21-25(32-23-12-6-2-7-13-23)17-19-28(30)33(27)26-14-8-3-9-15-26;2*19-12-6-8-15-17(10-12)22-18-11-13(20)7-9-16(18)21(15)14-4-2-1-3-5-14;1-2-8-14(9-3-1)19-15-10-4-6-12-17(15)20-18-13-7-5-11-16(18)19;1-3-7-12-10(5-1)9-11-6-2-4-8-13(11)14-12;2*7-6-4-2-1-3-5-6;1-2/h1-21,31-32H;2*1-11H;1-13H;1-8H,9H2;1-5H;1-5H,7H2;. The molecule has 19 heteroatoms. The molecule has 4 N–H and O–H groups in total. The molecule has 0 fully saturated rings. The van der Waals surface area contributed by atoms with Gasteiger partial charge in [0, 0.05) is 120 Å². The van der Waals surface area contributed by atoms with Gasteiger partial charge in [0.15, 0.2) is 46.0 Å². The normalized spacial score (nSPS) is 11.6. The first kappa shape index (κ1) is 88.4. The van der Waals surface area contributed by atoms with Crippen molar-refractivity contribution in [1.82, 2.24) is 0 Å². The average Bonchev–Trinajstić information content (AvgIpc) is 0.418. The number of hydrogen-bond acceptors (Lipinski definition) is 12. The number of fused-ring (bicyclic) bond motifs is 10. The minimum atomic E-state index is 0.800. The van der Waals surface area contributed by atoms with Crippen molar-refractivity contribution in [2.75, 3.05) is 36.0 Å². The Bertz CT molecular complexity index is 6220. The zero-order chi connectivity index (χ0) is 87.9. The van der Waals surface area contributed by atoms with Gasteiger partial charge in [0.2, 0.25) is 0 Å². The van der Waals surface area contributed by atoms with Gasteiger partial charge in [0.1, 0.15) is 11.5 Å². The predicted octanol–water partition coefficient (Wildman–Crippen LogP) is 36.4. The Morgan fingerprint density at radius 3 is 0.711 bits per heavy atom. The molecular formula is C109H80Br7N7O5. The molecule has 18 aromatic rings. The lowest BCUT2D eigenvalue weighted by atomic mass is 10.0. The summed E-state index contributed by atoms with van der Waals surface area (Å²) in [4.78, 5) is 8.90. The molecule has 23 rings (SSSR count). The number of hydrogen-bond donors (Lipinski definition) is 3. The van der Waals surface area contributed by atoms with Crippen LogP contribution < -0.4 is 59.7 Å². The lowest BCUT2D eigenvalue weighted by molar-refractivity contribution is 0.460. The summed E-state index contributed by atoms with van der Waals surface area (Å²) < 4.78 is 35.5. The third-order valence-electron chi connectivity index (χ3n) is 20.4. The van der Waals surface area contributed by atoms with E-state index in [2.05, 4.69) is 308 Å². The second-order valence-corrected chi connectivity index (χ2v) is 33.6. The average molecular weight is 2130 g/mol. The Morgan fingerprint density at radius 2 is 0.422 bits per heavy atom. The van der Waals surface area contributed by atoms with Gasteiger partial charge in [-0.2, -0.15) is 0 Å². The fourth-order valence-electron chi connectivity index (χ4n) is 14.7. The highest BCUT2D eigenvalue weighted by atomic mass is 80.9. The molecule has 0 atom stereocenters. The fourth-order valence-corrected chi connectivity index (χ4v) is 16.3. The summed E-state index contributed by atoms with van der Waals surface area (Å²) in [5.41, 5.74) is 25.4. The number of ether oxygens (including phenoxy) is 5. The SMILES string of the molecule is BrBr.Brc1ccc2c(c1)Oc1cc(Br)ccc1N2c1ccccc1.Brc1ccc2c(c1)Oc1cc(Br)ccc1N2c1ccccc1.Brc1ccccc1.Nc1ccccc1.c1ccc(N2c3ccccc3Oc3ccccc32)cc1.c1ccc(Nc2ccc3c(c2)Oc2cc(Nc4ccccc4)ccc2N3c2ccccc2)cc1.c1ccc2c(c1)Cc1ccccc1O2. The van der Waals surface area contributed by atoms with Gasteiger partial charge in [0.25, 0.3) is 0 Å². The molecule has 630 valence electrons. The van der Waals surface area contributed by atoms with Crippen molar-refractivity contribution in [2.24, 2.45) is 0 Å². The maximum Gasteiger partial charge on any atom is 0.153 e. The number of nitrogens with zero attached hydrogens (tertiary/aromatic N) is 4. The van der Waals surface area contributed by atoms with Gasteiger partial charge < -0.3 is 59.7 Å². The van der Waals surface area contributed by atoms with Crippen LogP contribution in [0.25, 0.3) is 0 Å². The highest BCUT2D eigenvalue weighted by Gasteiger charge is 2.31. The molecule has 0 amide bonds. The number of rotatable bonds is 8. The Kier molecular flexibility index (Phi) is 30.0. The van der Waals surface area contributed by atoms with Crippen LogP contribution in [-0.4, -0.2) is 0 Å². The van der Waals surface area contributed by atoms with Crippen LogP contribution in [-0.2, 0) is 6.42 Å². The minimum Gasteiger partial charge on any atom is -0.457 e. The van der Waals surface area contributed by atoms with E-state index in [9.17, 15) is 0 Å². The van der Waals surface area contributed by atoms with Crippen molar-refractivity contribution >= 4 is 205 Å². The van der Waals surface area contributed by atoms with Gasteiger partial charge in [0.05, 0.1) is 45.5 Å². The summed E-state index contributed by atoms with van der Waals surface area (Å²) in [6.45, 7) is 0. The number of nitrogens with one attached hydrogen (secondary N) is 2. The second-order valence-electron chi connectivity index (χ2n) is 29.0. The van der Waals surface area contributed by atoms with E-state index in [4.69, 9.17) is 29.4 Å². The minimum absolute atomic E-state index is 0.800. The van der Waals surface area contributed by atoms with Crippen molar-refractivity contribution in [3.63, 3.8) is 0 Å². The molecule has 0 radical (unpaired) electrons. The molecule has 5 heterocycles. The topological polar surface area (TPSA) is 109 Å². The van der Waals surface area contributed by atoms with E-state index >= 15 is 0 Å². The van der Waals surface area contributed by atoms with Crippen molar-refractivity contribution in [3.8, 4) is 57.5 Å². The molecule has 0 spiro atoms. The fraction of sp³-hybridized carbons (Fsp3) is 0.00917. The summed E-state index contributed by atoms with van der Waals surface area (Å²) in [6.07, 6.45) is 0.979. The largest absolute Gasteiger partial charge is 0.457 e. The molecular weight excluding hydrogens is 2050 g/mol. The summed E-state index contributed by atoms with van der Waals surface area (Å²) in [7, 11) is 0. The maximum absolute atomic E-state index is 6.46. The zero-order valence-electron chi connectivity index (χ0n) is 68.5. The highest BCUT2D eigenvalue weighted by molar-refractivity contribution is 9.93. The van der Waals surface area contributed by atoms with E-state index < -0.39 is 0 Å². The molecule has 18 aromatic carbocycles. The molecule has 0 saturated heterocycles. The molecule has 0 unspecified atom stereocenters. The Balaban J connectivity index is 0.000000115. The first-order valence-electron chi connectivity index (χ1n) is 40.8. The lowest BCUT2D eigenvalue weighted by Crippen LogP contribution is -2.16. The number of nitrogen functional groups attached to an aromatic ring is 1. The van der Waals surface area contributed by atoms with E-state index in [1.165, 1.54) is 11.1 Å². The Morgan fingerprint density at radius 1 is 0.195 bits per heavy atom. The first-order chi connectivity index (χ1) is 62.9. The van der Waals surface area contributed by atoms with E-state index in [0.29, 0.717) is 0 Å². The van der Waals surface area contributed by atoms with Crippen molar-refractivity contribution < 1.29 is 23.7 Å². The van der Waals surface area contributed by atoms with Crippen molar-refractivity contribution in [2.45, 2.75) is 6.42 Å². The monoisotopic (exact) mass is 2120 g/mol. The van der Waals surface area contributed by atoms with E-state index in [-0.39, 0.29) is 0 Å². The molecule has 0 saturated carbocycles. The smallest absolute Gasteiger partial charge is 0.153 e.